The standard InChI is InChI=1S/C22H19BrClN3O4S/c1-32(30,31)13-15-6-5-14(10-20(15)27-21(28)12-23)22(29)26-16-7-8-18(24)17(11-16)19-4-2-3-9-25-19/h2-11H,12-13H2,1H3,(H,26,29)(H,27,28). The van der Waals surface area contributed by atoms with Crippen molar-refractivity contribution in [2.24, 2.45) is 0 Å². The predicted octanol–water partition coefficient (Wildman–Crippen LogP) is 4.53. The third-order valence-electron chi connectivity index (χ3n) is 4.35. The zero-order valence-corrected chi connectivity index (χ0v) is 20.1. The minimum absolute atomic E-state index is 0.0306. The Bertz CT molecular complexity index is 1270. The van der Waals surface area contributed by atoms with E-state index in [0.29, 0.717) is 27.5 Å². The van der Waals surface area contributed by atoms with Crippen LogP contribution in [0.5, 0.6) is 0 Å². The van der Waals surface area contributed by atoms with Crippen LogP contribution in [0.15, 0.2) is 60.8 Å². The topological polar surface area (TPSA) is 105 Å². The molecule has 0 radical (unpaired) electrons. The van der Waals surface area contributed by atoms with Gasteiger partial charge in [0, 0.05) is 35.0 Å². The van der Waals surface area contributed by atoms with Gasteiger partial charge in [0.1, 0.15) is 0 Å². The third-order valence-corrected chi connectivity index (χ3v) is 6.02. The SMILES string of the molecule is CS(=O)(=O)Cc1ccc(C(=O)Nc2ccc(Cl)c(-c3ccccn3)c2)cc1NC(=O)CBr. The van der Waals surface area contributed by atoms with Crippen LogP contribution in [-0.4, -0.2) is 36.8 Å². The summed E-state index contributed by atoms with van der Waals surface area (Å²) in [6.45, 7) is 0. The van der Waals surface area contributed by atoms with Crippen molar-refractivity contribution >= 4 is 60.6 Å². The summed E-state index contributed by atoms with van der Waals surface area (Å²) in [6.07, 6.45) is 2.75. The van der Waals surface area contributed by atoms with Crippen molar-refractivity contribution in [1.29, 1.82) is 0 Å². The van der Waals surface area contributed by atoms with Crippen LogP contribution in [0, 0.1) is 0 Å². The molecule has 0 aliphatic rings. The van der Waals surface area contributed by atoms with Crippen molar-refractivity contribution in [3.05, 3.63) is 76.9 Å². The molecule has 1 heterocycles. The Morgan fingerprint density at radius 3 is 2.50 bits per heavy atom. The first kappa shape index (κ1) is 23.9. The number of sulfone groups is 1. The van der Waals surface area contributed by atoms with Gasteiger partial charge in [-0.1, -0.05) is 39.7 Å². The van der Waals surface area contributed by atoms with Gasteiger partial charge in [0.05, 0.1) is 21.8 Å². The normalized spacial score (nSPS) is 11.1. The Labute approximate surface area is 199 Å². The van der Waals surface area contributed by atoms with Crippen LogP contribution in [0.1, 0.15) is 15.9 Å². The Kier molecular flexibility index (Phi) is 7.65. The van der Waals surface area contributed by atoms with Gasteiger partial charge in [0.25, 0.3) is 5.91 Å². The van der Waals surface area contributed by atoms with E-state index < -0.39 is 15.7 Å². The third kappa shape index (κ3) is 6.38. The first-order valence-corrected chi connectivity index (χ1v) is 12.9. The lowest BCUT2D eigenvalue weighted by Crippen LogP contribution is -2.17. The molecule has 3 rings (SSSR count). The first-order chi connectivity index (χ1) is 15.2. The van der Waals surface area contributed by atoms with Gasteiger partial charge in [-0.15, -0.1) is 0 Å². The summed E-state index contributed by atoms with van der Waals surface area (Å²) in [5.74, 6) is -1.06. The smallest absolute Gasteiger partial charge is 0.255 e. The molecule has 0 saturated heterocycles. The van der Waals surface area contributed by atoms with Crippen LogP contribution >= 0.6 is 27.5 Å². The number of carbonyl (C=O) groups is 2. The predicted molar refractivity (Wildman–Crippen MR) is 130 cm³/mol. The second-order valence-corrected chi connectivity index (χ2v) is 10.1. The average Bonchev–Trinajstić information content (AvgIpc) is 2.75. The van der Waals surface area contributed by atoms with E-state index >= 15 is 0 Å². The number of pyridine rings is 1. The molecule has 1 aromatic heterocycles. The maximum atomic E-state index is 12.9. The monoisotopic (exact) mass is 535 g/mol. The van der Waals surface area contributed by atoms with Gasteiger partial charge in [0.15, 0.2) is 9.84 Å². The average molecular weight is 537 g/mol. The summed E-state index contributed by atoms with van der Waals surface area (Å²) in [4.78, 5) is 29.0. The van der Waals surface area contributed by atoms with Gasteiger partial charge >= 0.3 is 0 Å². The Balaban J connectivity index is 1.89. The zero-order chi connectivity index (χ0) is 23.3. The molecule has 32 heavy (non-hydrogen) atoms. The Morgan fingerprint density at radius 2 is 1.84 bits per heavy atom. The molecule has 0 fully saturated rings. The van der Waals surface area contributed by atoms with E-state index in [0.717, 1.165) is 6.26 Å². The summed E-state index contributed by atoms with van der Waals surface area (Å²) in [5, 5.41) is 5.94. The highest BCUT2D eigenvalue weighted by Gasteiger charge is 2.16. The quantitative estimate of drug-likeness (QED) is 0.432. The molecule has 2 N–H and O–H groups in total. The van der Waals surface area contributed by atoms with Gasteiger partial charge < -0.3 is 10.6 Å². The first-order valence-electron chi connectivity index (χ1n) is 9.35. The lowest BCUT2D eigenvalue weighted by Gasteiger charge is -2.13. The molecule has 0 spiro atoms. The molecule has 3 aromatic rings. The van der Waals surface area contributed by atoms with Gasteiger partial charge in [-0.3, -0.25) is 14.6 Å². The van der Waals surface area contributed by atoms with E-state index in [2.05, 4.69) is 31.5 Å². The summed E-state index contributed by atoms with van der Waals surface area (Å²) in [6, 6.07) is 15.0. The van der Waals surface area contributed by atoms with Crippen molar-refractivity contribution in [1.82, 2.24) is 4.98 Å². The number of halogens is 2. The van der Waals surface area contributed by atoms with Crippen LogP contribution < -0.4 is 10.6 Å². The molecule has 0 atom stereocenters. The minimum atomic E-state index is -3.34. The lowest BCUT2D eigenvalue weighted by atomic mass is 10.1. The molecule has 0 aliphatic heterocycles. The van der Waals surface area contributed by atoms with Crippen molar-refractivity contribution < 1.29 is 18.0 Å². The van der Waals surface area contributed by atoms with Gasteiger partial charge in [-0.25, -0.2) is 8.42 Å². The minimum Gasteiger partial charge on any atom is -0.325 e. The molecule has 0 aliphatic carbocycles. The zero-order valence-electron chi connectivity index (χ0n) is 16.9. The van der Waals surface area contributed by atoms with Crippen LogP contribution in [0.3, 0.4) is 0 Å². The fourth-order valence-electron chi connectivity index (χ4n) is 2.95. The maximum Gasteiger partial charge on any atom is 0.255 e. The number of nitrogens with one attached hydrogen (secondary N) is 2. The number of anilines is 2. The summed E-state index contributed by atoms with van der Waals surface area (Å²) < 4.78 is 23.5. The van der Waals surface area contributed by atoms with Gasteiger partial charge in [-0.2, -0.15) is 0 Å². The van der Waals surface area contributed by atoms with Crippen LogP contribution in [-0.2, 0) is 20.4 Å². The summed E-state index contributed by atoms with van der Waals surface area (Å²) in [5.41, 5.74) is 2.74. The van der Waals surface area contributed by atoms with Gasteiger partial charge in [0.2, 0.25) is 5.91 Å². The van der Waals surface area contributed by atoms with E-state index in [1.807, 2.05) is 12.1 Å². The molecule has 166 valence electrons. The van der Waals surface area contributed by atoms with Crippen molar-refractivity contribution in [2.75, 3.05) is 22.2 Å². The molecule has 0 unspecified atom stereocenters. The number of nitrogens with zero attached hydrogens (tertiary/aromatic N) is 1. The van der Waals surface area contributed by atoms with Crippen molar-refractivity contribution in [3.63, 3.8) is 0 Å². The number of carbonyl (C=O) groups excluding carboxylic acids is 2. The number of alkyl halides is 1. The molecular formula is C22H19BrClN3O4S. The number of aromatic nitrogens is 1. The van der Waals surface area contributed by atoms with E-state index in [4.69, 9.17) is 11.6 Å². The molecule has 0 bridgehead atoms. The van der Waals surface area contributed by atoms with E-state index in [1.165, 1.54) is 18.2 Å². The van der Waals surface area contributed by atoms with E-state index in [-0.39, 0.29) is 28.2 Å². The van der Waals surface area contributed by atoms with Crippen LogP contribution in [0.2, 0.25) is 5.02 Å². The van der Waals surface area contributed by atoms with E-state index in [9.17, 15) is 18.0 Å². The number of benzene rings is 2. The highest BCUT2D eigenvalue weighted by atomic mass is 79.9. The highest BCUT2D eigenvalue weighted by molar-refractivity contribution is 9.09. The summed E-state index contributed by atoms with van der Waals surface area (Å²) >= 11 is 9.35. The molecule has 7 nitrogen and oxygen atoms in total. The highest BCUT2D eigenvalue weighted by Crippen LogP contribution is 2.29. The van der Waals surface area contributed by atoms with E-state index in [1.54, 1.807) is 30.5 Å². The fourth-order valence-corrected chi connectivity index (χ4v) is 4.12. The Morgan fingerprint density at radius 1 is 1.06 bits per heavy atom. The number of hydrogen-bond donors (Lipinski definition) is 2. The fraction of sp³-hybridized carbons (Fsp3) is 0.136. The van der Waals surface area contributed by atoms with Crippen LogP contribution in [0.4, 0.5) is 11.4 Å². The number of amides is 2. The maximum absolute atomic E-state index is 12.9. The van der Waals surface area contributed by atoms with Crippen molar-refractivity contribution in [3.8, 4) is 11.3 Å². The molecule has 2 aromatic carbocycles. The van der Waals surface area contributed by atoms with Gasteiger partial charge in [-0.05, 0) is 48.0 Å². The molecule has 10 heteroatoms. The molecule has 0 saturated carbocycles. The summed E-state index contributed by atoms with van der Waals surface area (Å²) in [7, 11) is -3.34. The largest absolute Gasteiger partial charge is 0.325 e. The lowest BCUT2D eigenvalue weighted by molar-refractivity contribution is -0.113. The second kappa shape index (κ2) is 10.2. The number of rotatable bonds is 7. The molecule has 2 amide bonds. The van der Waals surface area contributed by atoms with Crippen LogP contribution in [0.25, 0.3) is 11.3 Å². The Hall–Kier alpha value is -2.75. The van der Waals surface area contributed by atoms with Crippen molar-refractivity contribution in [2.45, 2.75) is 5.75 Å². The number of hydrogen-bond acceptors (Lipinski definition) is 5. The second-order valence-electron chi connectivity index (χ2n) is 6.99. The molecular weight excluding hydrogens is 518 g/mol.